The summed E-state index contributed by atoms with van der Waals surface area (Å²) in [5.41, 5.74) is 0. The quantitative estimate of drug-likeness (QED) is 0.830. The number of aromatic nitrogens is 2. The van der Waals surface area contributed by atoms with Crippen molar-refractivity contribution in [2.45, 2.75) is 38.2 Å². The van der Waals surface area contributed by atoms with Crippen LogP contribution in [0, 0.1) is 5.92 Å². The minimum Gasteiger partial charge on any atom is -0.458 e. The van der Waals surface area contributed by atoms with E-state index in [-0.39, 0.29) is 12.0 Å². The lowest BCUT2D eigenvalue weighted by atomic mass is 10.1. The van der Waals surface area contributed by atoms with Gasteiger partial charge in [0.05, 0.1) is 6.54 Å². The van der Waals surface area contributed by atoms with Gasteiger partial charge in [-0.15, -0.1) is 0 Å². The third-order valence-corrected chi connectivity index (χ3v) is 3.98. The van der Waals surface area contributed by atoms with E-state index in [4.69, 9.17) is 4.74 Å². The van der Waals surface area contributed by atoms with Crippen LogP contribution in [0.5, 0.6) is 6.01 Å². The van der Waals surface area contributed by atoms with Gasteiger partial charge in [-0.2, -0.15) is 0 Å². The molecule has 1 saturated heterocycles. The molecule has 5 heteroatoms. The zero-order chi connectivity index (χ0) is 13.1. The summed E-state index contributed by atoms with van der Waals surface area (Å²) in [5.74, 6) is 0.573. The van der Waals surface area contributed by atoms with Gasteiger partial charge in [-0.1, -0.05) is 12.8 Å². The van der Waals surface area contributed by atoms with Gasteiger partial charge >= 0.3 is 6.01 Å². The second-order valence-corrected chi connectivity index (χ2v) is 5.33. The van der Waals surface area contributed by atoms with Gasteiger partial charge < -0.3 is 9.64 Å². The zero-order valence-electron chi connectivity index (χ0n) is 11.0. The molecular formula is C14H19N3O2. The summed E-state index contributed by atoms with van der Waals surface area (Å²) < 4.78 is 5.70. The Morgan fingerprint density at radius 1 is 1.21 bits per heavy atom. The lowest BCUT2D eigenvalue weighted by molar-refractivity contribution is -0.134. The first-order chi connectivity index (χ1) is 9.33. The van der Waals surface area contributed by atoms with Crippen LogP contribution in [0.2, 0.25) is 0 Å². The van der Waals surface area contributed by atoms with Crippen LogP contribution >= 0.6 is 0 Å². The van der Waals surface area contributed by atoms with Crippen molar-refractivity contribution >= 4 is 5.91 Å². The van der Waals surface area contributed by atoms with Crippen LogP contribution in [0.1, 0.15) is 32.1 Å². The Balaban J connectivity index is 1.53. The van der Waals surface area contributed by atoms with E-state index in [1.807, 2.05) is 4.90 Å². The normalized spacial score (nSPS) is 23.8. The molecule has 1 aliphatic heterocycles. The van der Waals surface area contributed by atoms with Crippen LogP contribution < -0.4 is 4.74 Å². The van der Waals surface area contributed by atoms with Crippen LogP contribution in [-0.2, 0) is 4.79 Å². The Morgan fingerprint density at radius 3 is 2.68 bits per heavy atom. The summed E-state index contributed by atoms with van der Waals surface area (Å²) in [7, 11) is 0. The number of rotatable bonds is 3. The highest BCUT2D eigenvalue weighted by Gasteiger charge is 2.33. The molecule has 0 N–H and O–H groups in total. The average Bonchev–Trinajstić information content (AvgIpc) is 3.10. The third-order valence-electron chi connectivity index (χ3n) is 3.98. The number of ether oxygens (including phenoxy) is 1. The molecule has 2 fully saturated rings. The maximum atomic E-state index is 12.3. The number of hydrogen-bond donors (Lipinski definition) is 0. The molecule has 0 bridgehead atoms. The van der Waals surface area contributed by atoms with Gasteiger partial charge in [0.15, 0.2) is 0 Å². The molecule has 2 aliphatic rings. The number of hydrogen-bond acceptors (Lipinski definition) is 4. The Bertz CT molecular complexity index is 432. The summed E-state index contributed by atoms with van der Waals surface area (Å²) in [6.45, 7) is 1.47. The largest absolute Gasteiger partial charge is 0.458 e. The predicted octanol–water partition coefficient (Wildman–Crippen LogP) is 1.65. The number of carbonyl (C=O) groups excluding carboxylic acids is 1. The fourth-order valence-corrected chi connectivity index (χ4v) is 2.95. The summed E-state index contributed by atoms with van der Waals surface area (Å²) in [4.78, 5) is 22.3. The molecular weight excluding hydrogens is 242 g/mol. The number of nitrogens with zero attached hydrogens (tertiary/aromatic N) is 3. The maximum absolute atomic E-state index is 12.3. The topological polar surface area (TPSA) is 55.3 Å². The molecule has 19 heavy (non-hydrogen) atoms. The van der Waals surface area contributed by atoms with E-state index in [0.29, 0.717) is 18.5 Å². The molecule has 1 aromatic rings. The van der Waals surface area contributed by atoms with Crippen LogP contribution in [0.25, 0.3) is 0 Å². The molecule has 1 amide bonds. The molecule has 0 radical (unpaired) electrons. The van der Waals surface area contributed by atoms with Crippen molar-refractivity contribution in [3.05, 3.63) is 18.5 Å². The van der Waals surface area contributed by atoms with Gasteiger partial charge in [-0.05, 0) is 18.9 Å². The zero-order valence-corrected chi connectivity index (χ0v) is 11.0. The minimum absolute atomic E-state index is 0.0350. The predicted molar refractivity (Wildman–Crippen MR) is 69.6 cm³/mol. The molecule has 0 spiro atoms. The number of likely N-dealkylation sites (tertiary alicyclic amines) is 1. The molecule has 5 nitrogen and oxygen atoms in total. The Hall–Kier alpha value is -1.65. The Kier molecular flexibility index (Phi) is 3.62. The van der Waals surface area contributed by atoms with Gasteiger partial charge in [0.2, 0.25) is 5.91 Å². The molecule has 2 heterocycles. The first-order valence-electron chi connectivity index (χ1n) is 7.05. The minimum atomic E-state index is 0.0350. The average molecular weight is 261 g/mol. The SMILES string of the molecule is O=C(C1CCCC1)N1CC[C@@H](Oc2ncccn2)C1. The lowest BCUT2D eigenvalue weighted by Gasteiger charge is -2.20. The van der Waals surface area contributed by atoms with Crippen LogP contribution in [-0.4, -0.2) is 40.0 Å². The highest BCUT2D eigenvalue weighted by Crippen LogP contribution is 2.28. The van der Waals surface area contributed by atoms with Crippen molar-refractivity contribution in [2.75, 3.05) is 13.1 Å². The Morgan fingerprint density at radius 2 is 1.95 bits per heavy atom. The summed E-state index contributed by atoms with van der Waals surface area (Å²) >= 11 is 0. The highest BCUT2D eigenvalue weighted by atomic mass is 16.5. The molecule has 3 rings (SSSR count). The molecule has 0 aromatic carbocycles. The van der Waals surface area contributed by atoms with Crippen molar-refractivity contribution in [3.63, 3.8) is 0 Å². The highest BCUT2D eigenvalue weighted by molar-refractivity contribution is 5.79. The standard InChI is InChI=1S/C14H19N3O2/c18-13(11-4-1-2-5-11)17-9-6-12(10-17)19-14-15-7-3-8-16-14/h3,7-8,11-12H,1-2,4-6,9-10H2/t12-/m1/s1. The van der Waals surface area contributed by atoms with Gasteiger partial charge in [0.1, 0.15) is 6.10 Å². The van der Waals surface area contributed by atoms with Gasteiger partial charge in [0.25, 0.3) is 0 Å². The van der Waals surface area contributed by atoms with Crippen LogP contribution in [0.4, 0.5) is 0 Å². The molecule has 1 aliphatic carbocycles. The summed E-state index contributed by atoms with van der Waals surface area (Å²) in [5, 5.41) is 0. The molecule has 0 unspecified atom stereocenters. The van der Waals surface area contributed by atoms with E-state index in [2.05, 4.69) is 9.97 Å². The first kappa shape index (κ1) is 12.4. The van der Waals surface area contributed by atoms with Crippen molar-refractivity contribution in [2.24, 2.45) is 5.92 Å². The fraction of sp³-hybridized carbons (Fsp3) is 0.643. The first-order valence-corrected chi connectivity index (χ1v) is 7.05. The second-order valence-electron chi connectivity index (χ2n) is 5.33. The monoisotopic (exact) mass is 261 g/mol. The van der Waals surface area contributed by atoms with Crippen LogP contribution in [0.15, 0.2) is 18.5 Å². The summed E-state index contributed by atoms with van der Waals surface area (Å²) in [6, 6.07) is 2.17. The Labute approximate surface area is 113 Å². The van der Waals surface area contributed by atoms with Crippen molar-refractivity contribution in [3.8, 4) is 6.01 Å². The molecule has 1 atom stereocenters. The van der Waals surface area contributed by atoms with E-state index in [1.165, 1.54) is 12.8 Å². The van der Waals surface area contributed by atoms with E-state index in [0.717, 1.165) is 25.8 Å². The van der Waals surface area contributed by atoms with Crippen LogP contribution in [0.3, 0.4) is 0 Å². The molecule has 102 valence electrons. The van der Waals surface area contributed by atoms with Crippen molar-refractivity contribution in [1.29, 1.82) is 0 Å². The van der Waals surface area contributed by atoms with Crippen molar-refractivity contribution < 1.29 is 9.53 Å². The molecule has 1 aromatic heterocycles. The van der Waals surface area contributed by atoms with E-state index < -0.39 is 0 Å². The van der Waals surface area contributed by atoms with E-state index in [1.54, 1.807) is 18.5 Å². The smallest absolute Gasteiger partial charge is 0.316 e. The van der Waals surface area contributed by atoms with E-state index in [9.17, 15) is 4.79 Å². The van der Waals surface area contributed by atoms with Crippen molar-refractivity contribution in [1.82, 2.24) is 14.9 Å². The maximum Gasteiger partial charge on any atom is 0.316 e. The number of carbonyl (C=O) groups is 1. The van der Waals surface area contributed by atoms with Gasteiger partial charge in [-0.25, -0.2) is 9.97 Å². The lowest BCUT2D eigenvalue weighted by Crippen LogP contribution is -2.35. The molecule has 1 saturated carbocycles. The number of amides is 1. The second kappa shape index (κ2) is 5.55. The fourth-order valence-electron chi connectivity index (χ4n) is 2.95. The summed E-state index contributed by atoms with van der Waals surface area (Å²) in [6.07, 6.45) is 8.75. The van der Waals surface area contributed by atoms with Gasteiger partial charge in [-0.3, -0.25) is 4.79 Å². The van der Waals surface area contributed by atoms with Gasteiger partial charge in [0, 0.05) is 31.3 Å². The third kappa shape index (κ3) is 2.85. The van der Waals surface area contributed by atoms with E-state index >= 15 is 0 Å².